The quantitative estimate of drug-likeness (QED) is 0.281. The Morgan fingerprint density at radius 3 is 1.50 bits per heavy atom. The van der Waals surface area contributed by atoms with Crippen LogP contribution in [0, 0.1) is 0 Å². The van der Waals surface area contributed by atoms with Gasteiger partial charge in [0.2, 0.25) is 0 Å². The second kappa shape index (κ2) is 14.1. The predicted molar refractivity (Wildman–Crippen MR) is 79.4 cm³/mol. The summed E-state index contributed by atoms with van der Waals surface area (Å²) in [5.74, 6) is 0. The van der Waals surface area contributed by atoms with E-state index in [1.54, 1.807) is 0 Å². The Morgan fingerprint density at radius 1 is 0.556 bits per heavy atom. The molecule has 0 radical (unpaired) electrons. The van der Waals surface area contributed by atoms with E-state index in [2.05, 4.69) is 27.8 Å². The maximum atomic E-state index is 2.47. The first-order chi connectivity index (χ1) is 8.18. The topological polar surface area (TPSA) is 0 Å². The van der Waals surface area contributed by atoms with Crippen LogP contribution in [-0.4, -0.2) is 31.2 Å². The van der Waals surface area contributed by atoms with E-state index >= 15 is 0 Å². The molecule has 0 aliphatic carbocycles. The van der Waals surface area contributed by atoms with Gasteiger partial charge in [0.1, 0.15) is 0 Å². The van der Waals surface area contributed by atoms with Crippen LogP contribution < -0.4 is 24.0 Å². The van der Waals surface area contributed by atoms with Crippen LogP contribution in [0.15, 0.2) is 0 Å². The third kappa shape index (κ3) is 11.8. The molecule has 0 aliphatic rings. The van der Waals surface area contributed by atoms with Gasteiger partial charge in [-0.15, -0.1) is 0 Å². The Kier molecular flexibility index (Phi) is 16.5. The van der Waals surface area contributed by atoms with Crippen LogP contribution in [0.1, 0.15) is 78.6 Å². The van der Waals surface area contributed by atoms with Crippen molar-refractivity contribution in [3.8, 4) is 0 Å². The number of halogens is 1. The number of hydrogen-bond acceptors (Lipinski definition) is 0. The van der Waals surface area contributed by atoms with Gasteiger partial charge in [0, 0.05) is 0 Å². The minimum absolute atomic E-state index is 0. The largest absolute Gasteiger partial charge is 1.00 e. The predicted octanol–water partition coefficient (Wildman–Crippen LogP) is 2.01. The van der Waals surface area contributed by atoms with Crippen molar-refractivity contribution < 1.29 is 28.5 Å². The fourth-order valence-electron chi connectivity index (χ4n) is 2.72. The van der Waals surface area contributed by atoms with E-state index in [0.717, 1.165) is 0 Å². The van der Waals surface area contributed by atoms with Crippen molar-refractivity contribution in [2.45, 2.75) is 78.6 Å². The zero-order chi connectivity index (χ0) is 13.0. The lowest BCUT2D eigenvalue weighted by molar-refractivity contribution is -0.910. The van der Waals surface area contributed by atoms with E-state index in [9.17, 15) is 0 Å². The summed E-state index contributed by atoms with van der Waals surface area (Å²) in [7, 11) is 2.47. The van der Waals surface area contributed by atoms with Gasteiger partial charge in [-0.3, -0.25) is 0 Å². The first-order valence-electron chi connectivity index (χ1n) is 8.02. The molecule has 0 bridgehead atoms. The molecule has 0 rings (SSSR count). The van der Waals surface area contributed by atoms with Crippen molar-refractivity contribution in [1.29, 1.82) is 0 Å². The minimum atomic E-state index is 0. The van der Waals surface area contributed by atoms with Crippen LogP contribution in [-0.2, 0) is 0 Å². The average molecular weight is 369 g/mol. The molecule has 0 N–H and O–H groups in total. The third-order valence-corrected chi connectivity index (χ3v) is 3.87. The standard InChI is InChI=1S/C16H36N.HI/c1-5-8-10-11-13-16-17(4,14-7-3)15-12-9-6-2;/h5-16H2,1-4H3;1H/q+1;/p-1. The fraction of sp³-hybridized carbons (Fsp3) is 1.00. The highest BCUT2D eigenvalue weighted by Crippen LogP contribution is 2.12. The Bertz CT molecular complexity index is 161. The molecular formula is C16H36IN. The molecule has 0 aromatic rings. The first-order valence-corrected chi connectivity index (χ1v) is 8.02. The molecule has 0 aromatic carbocycles. The summed E-state index contributed by atoms with van der Waals surface area (Å²) in [5.41, 5.74) is 0. The molecular weight excluding hydrogens is 333 g/mol. The van der Waals surface area contributed by atoms with Crippen molar-refractivity contribution in [1.82, 2.24) is 0 Å². The first kappa shape index (κ1) is 21.0. The summed E-state index contributed by atoms with van der Waals surface area (Å²) in [6.07, 6.45) is 12.6. The molecule has 0 amide bonds. The Labute approximate surface area is 133 Å². The van der Waals surface area contributed by atoms with E-state index in [0.29, 0.717) is 0 Å². The number of unbranched alkanes of at least 4 members (excludes halogenated alkanes) is 6. The van der Waals surface area contributed by atoms with Crippen LogP contribution in [0.3, 0.4) is 0 Å². The second-order valence-electron chi connectivity index (χ2n) is 5.91. The third-order valence-electron chi connectivity index (χ3n) is 3.87. The lowest BCUT2D eigenvalue weighted by atomic mass is 10.1. The molecule has 0 spiro atoms. The van der Waals surface area contributed by atoms with Gasteiger partial charge < -0.3 is 28.5 Å². The van der Waals surface area contributed by atoms with Gasteiger partial charge in [-0.25, -0.2) is 0 Å². The summed E-state index contributed by atoms with van der Waals surface area (Å²) < 4.78 is 1.32. The number of hydrogen-bond donors (Lipinski definition) is 0. The lowest BCUT2D eigenvalue weighted by Gasteiger charge is -2.34. The SMILES string of the molecule is CCCCCCC[N+](C)(CCC)CCCCC.[I-]. The number of rotatable bonds is 12. The van der Waals surface area contributed by atoms with E-state index < -0.39 is 0 Å². The Balaban J connectivity index is 0. The summed E-state index contributed by atoms with van der Waals surface area (Å²) in [6, 6.07) is 0. The maximum absolute atomic E-state index is 2.47. The van der Waals surface area contributed by atoms with Gasteiger partial charge in [-0.1, -0.05) is 46.5 Å². The van der Waals surface area contributed by atoms with Crippen molar-refractivity contribution in [2.24, 2.45) is 0 Å². The monoisotopic (exact) mass is 369 g/mol. The normalized spacial score (nSPS) is 14.0. The van der Waals surface area contributed by atoms with E-state index in [-0.39, 0.29) is 24.0 Å². The van der Waals surface area contributed by atoms with Gasteiger partial charge in [0.05, 0.1) is 26.7 Å². The van der Waals surface area contributed by atoms with Crippen molar-refractivity contribution >= 4 is 0 Å². The molecule has 112 valence electrons. The fourth-order valence-corrected chi connectivity index (χ4v) is 2.72. The van der Waals surface area contributed by atoms with E-state index in [4.69, 9.17) is 0 Å². The second-order valence-corrected chi connectivity index (χ2v) is 5.91. The Hall–Kier alpha value is 0.690. The highest BCUT2D eigenvalue weighted by molar-refractivity contribution is 4.46. The molecule has 0 aromatic heterocycles. The maximum Gasteiger partial charge on any atom is 0.0784 e. The lowest BCUT2D eigenvalue weighted by Crippen LogP contribution is -3.00. The van der Waals surface area contributed by atoms with Gasteiger partial charge >= 0.3 is 0 Å². The molecule has 18 heavy (non-hydrogen) atoms. The summed E-state index contributed by atoms with van der Waals surface area (Å²) in [4.78, 5) is 0. The van der Waals surface area contributed by atoms with Crippen molar-refractivity contribution in [3.05, 3.63) is 0 Å². The highest BCUT2D eigenvalue weighted by atomic mass is 127. The average Bonchev–Trinajstić information content (AvgIpc) is 2.29. The van der Waals surface area contributed by atoms with Crippen molar-refractivity contribution in [3.63, 3.8) is 0 Å². The van der Waals surface area contributed by atoms with Crippen LogP contribution in [0.2, 0.25) is 0 Å². The van der Waals surface area contributed by atoms with Crippen LogP contribution in [0.25, 0.3) is 0 Å². The van der Waals surface area contributed by atoms with Gasteiger partial charge in [0.25, 0.3) is 0 Å². The zero-order valence-corrected chi connectivity index (χ0v) is 15.5. The van der Waals surface area contributed by atoms with Gasteiger partial charge in [-0.05, 0) is 32.1 Å². The van der Waals surface area contributed by atoms with Crippen LogP contribution >= 0.6 is 0 Å². The molecule has 1 atom stereocenters. The van der Waals surface area contributed by atoms with E-state index in [1.165, 1.54) is 81.9 Å². The highest BCUT2D eigenvalue weighted by Gasteiger charge is 2.18. The molecule has 2 heteroatoms. The van der Waals surface area contributed by atoms with Gasteiger partial charge in [0.15, 0.2) is 0 Å². The minimum Gasteiger partial charge on any atom is -1.00 e. The van der Waals surface area contributed by atoms with Crippen LogP contribution in [0.4, 0.5) is 0 Å². The molecule has 0 saturated heterocycles. The Morgan fingerprint density at radius 2 is 1.00 bits per heavy atom. The molecule has 0 aliphatic heterocycles. The molecule has 0 heterocycles. The van der Waals surface area contributed by atoms with Crippen LogP contribution in [0.5, 0.6) is 0 Å². The zero-order valence-electron chi connectivity index (χ0n) is 13.3. The molecule has 1 nitrogen and oxygen atoms in total. The number of nitrogens with zero attached hydrogens (tertiary/aromatic N) is 1. The summed E-state index contributed by atoms with van der Waals surface area (Å²) in [6.45, 7) is 11.1. The summed E-state index contributed by atoms with van der Waals surface area (Å²) >= 11 is 0. The smallest absolute Gasteiger partial charge is 0.0784 e. The van der Waals surface area contributed by atoms with Gasteiger partial charge in [-0.2, -0.15) is 0 Å². The summed E-state index contributed by atoms with van der Waals surface area (Å²) in [5, 5.41) is 0. The van der Waals surface area contributed by atoms with Crippen molar-refractivity contribution in [2.75, 3.05) is 26.7 Å². The van der Waals surface area contributed by atoms with E-state index in [1.807, 2.05) is 0 Å². The number of quaternary nitrogens is 1. The molecule has 0 saturated carbocycles. The molecule has 1 unspecified atom stereocenters. The molecule has 0 fully saturated rings.